The van der Waals surface area contributed by atoms with Crippen LogP contribution in [-0.2, 0) is 28.5 Å². The number of carbonyl (C=O) groups is 2. The number of rotatable bonds is 9. The van der Waals surface area contributed by atoms with Crippen molar-refractivity contribution in [3.63, 3.8) is 0 Å². The number of fused-ring (bicyclic) bond motifs is 4. The molecule has 0 bridgehead atoms. The van der Waals surface area contributed by atoms with Crippen molar-refractivity contribution < 1.29 is 38.7 Å². The van der Waals surface area contributed by atoms with Crippen LogP contribution >= 0.6 is 0 Å². The van der Waals surface area contributed by atoms with E-state index in [1.807, 2.05) is 0 Å². The monoisotopic (exact) mass is 618 g/mol. The van der Waals surface area contributed by atoms with Crippen LogP contribution in [0, 0.1) is 57.2 Å². The highest BCUT2D eigenvalue weighted by molar-refractivity contribution is 5.66. The summed E-state index contributed by atoms with van der Waals surface area (Å²) < 4.78 is 24.4. The Bertz CT molecular complexity index is 1120. The van der Waals surface area contributed by atoms with Gasteiger partial charge in [-0.05, 0) is 122 Å². The fraction of sp³-hybridized carbons (Fsp3) is 0.944. The Hall–Kier alpha value is -1.06. The Balaban J connectivity index is 1.23. The molecule has 5 saturated carbocycles. The first-order valence-electron chi connectivity index (χ1n) is 17.5. The Morgan fingerprint density at radius 2 is 1.77 bits per heavy atom. The summed E-state index contributed by atoms with van der Waals surface area (Å²) in [4.78, 5) is 23.7. The number of ether oxygens (including phenoxy) is 4. The molecule has 1 aliphatic heterocycles. The lowest BCUT2D eigenvalue weighted by Crippen LogP contribution is -2.56. The van der Waals surface area contributed by atoms with Gasteiger partial charge in [-0.25, -0.2) is 0 Å². The van der Waals surface area contributed by atoms with Gasteiger partial charge in [0, 0.05) is 6.92 Å². The smallest absolute Gasteiger partial charge is 0.303 e. The molecule has 1 saturated heterocycles. The van der Waals surface area contributed by atoms with Crippen molar-refractivity contribution in [2.24, 2.45) is 57.2 Å². The van der Waals surface area contributed by atoms with Gasteiger partial charge in [0.05, 0.1) is 37.1 Å². The SMILES string of the molecule is CC(=O)O[C@@H]([C@H]1CC(C)C2[C@@H](CC3[C@@H]4CCC5C(C)(C)[C@@H](OC(C=O)OCCO)CCC56[C@@H](C)[C@@]46CC[C@]23C)O1)C(C)(C)O. The summed E-state index contributed by atoms with van der Waals surface area (Å²) in [7, 11) is 0. The standard InChI is InChI=1S/C36H58O8/c1-20-17-26(31(33(6,7)40)42-22(3)39)43-25-18-24-23-9-10-27-32(4,5)28(44-29(19-38)41-16-15-37)11-12-36(27)21(2)35(23,36)14-13-34(24,8)30(20)25/h19-21,23-31,37,40H,9-18H2,1-8H3/t20?,21-,23-,24?,25+,26+,27?,28-,29?,30?,31-,34-,35-,36?/m0/s1. The molecule has 0 aromatic heterocycles. The van der Waals surface area contributed by atoms with Gasteiger partial charge in [0.25, 0.3) is 0 Å². The molecule has 6 aliphatic rings. The van der Waals surface area contributed by atoms with Gasteiger partial charge in [-0.1, -0.05) is 34.6 Å². The van der Waals surface area contributed by atoms with Gasteiger partial charge in [-0.2, -0.15) is 0 Å². The summed E-state index contributed by atoms with van der Waals surface area (Å²) in [6.45, 7) is 17.0. The molecule has 0 aromatic rings. The molecule has 5 aliphatic carbocycles. The van der Waals surface area contributed by atoms with Gasteiger partial charge in [0.15, 0.2) is 12.4 Å². The van der Waals surface area contributed by atoms with Crippen LogP contribution in [0.15, 0.2) is 0 Å². The van der Waals surface area contributed by atoms with Crippen molar-refractivity contribution in [1.82, 2.24) is 0 Å². The molecule has 6 unspecified atom stereocenters. The van der Waals surface area contributed by atoms with E-state index in [0.29, 0.717) is 46.3 Å². The van der Waals surface area contributed by atoms with Crippen molar-refractivity contribution in [2.45, 2.75) is 143 Å². The molecular weight excluding hydrogens is 560 g/mol. The summed E-state index contributed by atoms with van der Waals surface area (Å²) in [6.07, 6.45) is 7.71. The third-order valence-corrected chi connectivity index (χ3v) is 14.7. The second-order valence-electron chi connectivity index (χ2n) is 17.1. The summed E-state index contributed by atoms with van der Waals surface area (Å²) in [5.74, 6) is 3.01. The average Bonchev–Trinajstić information content (AvgIpc) is 3.30. The van der Waals surface area contributed by atoms with E-state index in [-0.39, 0.29) is 48.3 Å². The van der Waals surface area contributed by atoms with E-state index in [1.54, 1.807) is 13.8 Å². The third-order valence-electron chi connectivity index (χ3n) is 14.7. The Labute approximate surface area is 264 Å². The van der Waals surface area contributed by atoms with Gasteiger partial charge in [0.2, 0.25) is 6.29 Å². The average molecular weight is 619 g/mol. The summed E-state index contributed by atoms with van der Waals surface area (Å²) >= 11 is 0. The molecule has 0 radical (unpaired) electrons. The molecule has 44 heavy (non-hydrogen) atoms. The van der Waals surface area contributed by atoms with Crippen molar-refractivity contribution >= 4 is 12.3 Å². The maximum Gasteiger partial charge on any atom is 0.303 e. The minimum absolute atomic E-state index is 0.0521. The maximum atomic E-state index is 12.0. The van der Waals surface area contributed by atoms with E-state index in [4.69, 9.17) is 18.9 Å². The van der Waals surface area contributed by atoms with Crippen molar-refractivity contribution in [2.75, 3.05) is 13.2 Å². The molecule has 14 atom stereocenters. The number of aldehydes is 1. The third kappa shape index (κ3) is 4.54. The molecule has 250 valence electrons. The molecule has 6 fully saturated rings. The quantitative estimate of drug-likeness (QED) is 0.203. The minimum atomic E-state index is -1.18. The van der Waals surface area contributed by atoms with Crippen molar-refractivity contribution in [3.05, 3.63) is 0 Å². The van der Waals surface area contributed by atoms with E-state index in [0.717, 1.165) is 32.0 Å². The highest BCUT2D eigenvalue weighted by atomic mass is 16.7. The molecule has 2 spiro atoms. The first-order chi connectivity index (χ1) is 20.6. The Kier molecular flexibility index (Phi) is 8.22. The molecule has 0 amide bonds. The zero-order valence-electron chi connectivity index (χ0n) is 28.3. The van der Waals surface area contributed by atoms with Gasteiger partial charge in [-0.15, -0.1) is 0 Å². The predicted molar refractivity (Wildman–Crippen MR) is 164 cm³/mol. The van der Waals surface area contributed by atoms with Gasteiger partial charge >= 0.3 is 5.97 Å². The molecule has 8 nitrogen and oxygen atoms in total. The van der Waals surface area contributed by atoms with Gasteiger partial charge < -0.3 is 29.2 Å². The molecule has 0 aromatic carbocycles. The summed E-state index contributed by atoms with van der Waals surface area (Å²) in [5.41, 5.74) is -0.369. The number of esters is 1. The maximum absolute atomic E-state index is 12.0. The summed E-state index contributed by atoms with van der Waals surface area (Å²) in [6, 6.07) is 0. The molecule has 8 heteroatoms. The van der Waals surface area contributed by atoms with E-state index < -0.39 is 18.0 Å². The predicted octanol–water partition coefficient (Wildman–Crippen LogP) is 5.31. The highest BCUT2D eigenvalue weighted by Crippen LogP contribution is 2.89. The normalized spacial score (nSPS) is 48.5. The van der Waals surface area contributed by atoms with E-state index in [9.17, 15) is 19.8 Å². The Morgan fingerprint density at radius 3 is 2.41 bits per heavy atom. The number of hydrogen-bond donors (Lipinski definition) is 2. The fourth-order valence-electron chi connectivity index (χ4n) is 13.3. The number of carbonyl (C=O) groups excluding carboxylic acids is 2. The van der Waals surface area contributed by atoms with Crippen LogP contribution in [0.3, 0.4) is 0 Å². The van der Waals surface area contributed by atoms with Crippen LogP contribution in [-0.4, -0.2) is 72.0 Å². The lowest BCUT2D eigenvalue weighted by atomic mass is 9.46. The molecule has 6 rings (SSSR count). The molecule has 1 heterocycles. The second kappa shape index (κ2) is 11.0. The molecule has 2 N–H and O–H groups in total. The highest BCUT2D eigenvalue weighted by Gasteiger charge is 2.85. The van der Waals surface area contributed by atoms with E-state index in [1.165, 1.54) is 32.6 Å². The van der Waals surface area contributed by atoms with E-state index >= 15 is 0 Å². The number of aliphatic hydroxyl groups is 2. The summed E-state index contributed by atoms with van der Waals surface area (Å²) in [5, 5.41) is 20.1. The van der Waals surface area contributed by atoms with Crippen LogP contribution in [0.2, 0.25) is 0 Å². The zero-order chi connectivity index (χ0) is 32.0. The lowest BCUT2D eigenvalue weighted by Gasteiger charge is -2.60. The van der Waals surface area contributed by atoms with Crippen LogP contribution in [0.4, 0.5) is 0 Å². The van der Waals surface area contributed by atoms with Crippen molar-refractivity contribution in [3.8, 4) is 0 Å². The fourth-order valence-corrected chi connectivity index (χ4v) is 13.3. The van der Waals surface area contributed by atoms with Gasteiger partial charge in [-0.3, -0.25) is 9.59 Å². The van der Waals surface area contributed by atoms with E-state index in [2.05, 4.69) is 34.6 Å². The van der Waals surface area contributed by atoms with Crippen LogP contribution in [0.25, 0.3) is 0 Å². The zero-order valence-corrected chi connectivity index (χ0v) is 28.3. The van der Waals surface area contributed by atoms with Crippen LogP contribution in [0.1, 0.15) is 107 Å². The number of hydrogen-bond acceptors (Lipinski definition) is 8. The Morgan fingerprint density at radius 1 is 1.05 bits per heavy atom. The first kappa shape index (κ1) is 32.9. The first-order valence-corrected chi connectivity index (χ1v) is 17.5. The largest absolute Gasteiger partial charge is 0.457 e. The second-order valence-corrected chi connectivity index (χ2v) is 17.1. The number of aliphatic hydroxyl groups excluding tert-OH is 1. The van der Waals surface area contributed by atoms with Crippen LogP contribution in [0.5, 0.6) is 0 Å². The minimum Gasteiger partial charge on any atom is -0.457 e. The van der Waals surface area contributed by atoms with Crippen molar-refractivity contribution in [1.29, 1.82) is 0 Å². The van der Waals surface area contributed by atoms with Gasteiger partial charge in [0.1, 0.15) is 0 Å². The van der Waals surface area contributed by atoms with Crippen LogP contribution < -0.4 is 0 Å². The lowest BCUT2D eigenvalue weighted by molar-refractivity contribution is -0.220. The topological polar surface area (TPSA) is 112 Å². The molecular formula is C36H58O8.